The largest absolute Gasteiger partial charge is 0.384 e. The molecule has 7 heteroatoms. The van der Waals surface area contributed by atoms with E-state index in [1.165, 1.54) is 0 Å². The summed E-state index contributed by atoms with van der Waals surface area (Å²) >= 11 is 0. The molecule has 0 bridgehead atoms. The topological polar surface area (TPSA) is 61.9 Å². The smallest absolute Gasteiger partial charge is 0.282 e. The number of nitrogens with zero attached hydrogens (tertiary/aromatic N) is 2. The van der Waals surface area contributed by atoms with E-state index >= 15 is 0 Å². The number of piperazine rings is 1. The van der Waals surface area contributed by atoms with Gasteiger partial charge in [-0.3, -0.25) is 0 Å². The summed E-state index contributed by atoms with van der Waals surface area (Å²) in [6, 6.07) is 0. The maximum atomic E-state index is 12.3. The van der Waals surface area contributed by atoms with Crippen LogP contribution in [0.2, 0.25) is 0 Å². The third kappa shape index (κ3) is 2.97. The fourth-order valence-electron chi connectivity index (χ4n) is 2.42. The van der Waals surface area contributed by atoms with Crippen molar-refractivity contribution in [2.45, 2.75) is 6.42 Å². The lowest BCUT2D eigenvalue weighted by atomic mass is 10.1. The van der Waals surface area contributed by atoms with Crippen molar-refractivity contribution in [2.24, 2.45) is 5.92 Å². The van der Waals surface area contributed by atoms with Crippen LogP contribution in [0.3, 0.4) is 0 Å². The van der Waals surface area contributed by atoms with E-state index in [-0.39, 0.29) is 0 Å². The van der Waals surface area contributed by atoms with Gasteiger partial charge < -0.3 is 10.1 Å². The van der Waals surface area contributed by atoms with E-state index in [4.69, 9.17) is 4.74 Å². The van der Waals surface area contributed by atoms with Crippen LogP contribution in [0.25, 0.3) is 0 Å². The average Bonchev–Trinajstić information content (AvgIpc) is 2.80. The molecule has 0 amide bonds. The summed E-state index contributed by atoms with van der Waals surface area (Å²) in [6.45, 7) is 4.51. The summed E-state index contributed by atoms with van der Waals surface area (Å²) in [5, 5.41) is 3.16. The van der Waals surface area contributed by atoms with E-state index in [9.17, 15) is 8.42 Å². The van der Waals surface area contributed by atoms with Crippen LogP contribution in [0.4, 0.5) is 0 Å². The minimum Gasteiger partial charge on any atom is -0.384 e. The van der Waals surface area contributed by atoms with E-state index < -0.39 is 10.2 Å². The lowest BCUT2D eigenvalue weighted by Crippen LogP contribution is -2.51. The third-order valence-electron chi connectivity index (χ3n) is 3.38. The SMILES string of the molecule is COCC1CCN(S(=O)(=O)N2CCNCC2)C1. The van der Waals surface area contributed by atoms with Gasteiger partial charge in [0.25, 0.3) is 10.2 Å². The number of ether oxygens (including phenoxy) is 1. The highest BCUT2D eigenvalue weighted by atomic mass is 32.2. The molecule has 2 aliphatic heterocycles. The van der Waals surface area contributed by atoms with E-state index in [0.29, 0.717) is 38.7 Å². The molecule has 1 N–H and O–H groups in total. The fourth-order valence-corrected chi connectivity index (χ4v) is 4.12. The molecule has 17 heavy (non-hydrogen) atoms. The molecule has 1 unspecified atom stereocenters. The summed E-state index contributed by atoms with van der Waals surface area (Å²) in [4.78, 5) is 0. The Morgan fingerprint density at radius 3 is 2.59 bits per heavy atom. The molecule has 0 spiro atoms. The zero-order valence-corrected chi connectivity index (χ0v) is 11.1. The first-order valence-electron chi connectivity index (χ1n) is 6.09. The predicted molar refractivity (Wildman–Crippen MR) is 64.9 cm³/mol. The zero-order valence-electron chi connectivity index (χ0n) is 10.3. The Kier molecular flexibility index (Phi) is 4.37. The van der Waals surface area contributed by atoms with E-state index in [0.717, 1.165) is 19.5 Å². The van der Waals surface area contributed by atoms with Gasteiger partial charge in [0, 0.05) is 46.4 Å². The quantitative estimate of drug-likeness (QED) is 0.714. The van der Waals surface area contributed by atoms with Gasteiger partial charge in [-0.2, -0.15) is 17.0 Å². The molecule has 1 atom stereocenters. The molecule has 0 radical (unpaired) electrons. The van der Waals surface area contributed by atoms with Crippen LogP contribution >= 0.6 is 0 Å². The minimum atomic E-state index is -3.24. The highest BCUT2D eigenvalue weighted by molar-refractivity contribution is 7.86. The zero-order chi connectivity index (χ0) is 12.3. The number of methoxy groups -OCH3 is 1. The van der Waals surface area contributed by atoms with Crippen molar-refractivity contribution < 1.29 is 13.2 Å². The number of hydrogen-bond acceptors (Lipinski definition) is 4. The number of hydrogen-bond donors (Lipinski definition) is 1. The van der Waals surface area contributed by atoms with E-state index in [1.807, 2.05) is 0 Å². The van der Waals surface area contributed by atoms with Gasteiger partial charge in [-0.25, -0.2) is 0 Å². The molecule has 2 saturated heterocycles. The summed E-state index contributed by atoms with van der Waals surface area (Å²) in [6.07, 6.45) is 0.902. The highest BCUT2D eigenvalue weighted by Gasteiger charge is 2.35. The van der Waals surface area contributed by atoms with Crippen LogP contribution in [-0.2, 0) is 14.9 Å². The van der Waals surface area contributed by atoms with Gasteiger partial charge in [0.1, 0.15) is 0 Å². The van der Waals surface area contributed by atoms with Crippen molar-refractivity contribution in [1.82, 2.24) is 13.9 Å². The first kappa shape index (κ1) is 13.2. The summed E-state index contributed by atoms with van der Waals surface area (Å²) in [5.41, 5.74) is 0. The average molecular weight is 263 g/mol. The molecule has 2 aliphatic rings. The van der Waals surface area contributed by atoms with Gasteiger partial charge in [0.2, 0.25) is 0 Å². The second kappa shape index (κ2) is 5.62. The molecule has 0 aliphatic carbocycles. The maximum Gasteiger partial charge on any atom is 0.282 e. The standard InChI is InChI=1S/C10H21N3O3S/c1-16-9-10-2-5-13(8-10)17(14,15)12-6-3-11-4-7-12/h10-11H,2-9H2,1H3. The third-order valence-corrected chi connectivity index (χ3v) is 5.38. The van der Waals surface area contributed by atoms with Gasteiger partial charge in [-0.1, -0.05) is 0 Å². The van der Waals surface area contributed by atoms with Crippen LogP contribution in [0, 0.1) is 5.92 Å². The molecular weight excluding hydrogens is 242 g/mol. The maximum absolute atomic E-state index is 12.3. The van der Waals surface area contributed by atoms with Crippen molar-refractivity contribution in [3.05, 3.63) is 0 Å². The predicted octanol–water partition coefficient (Wildman–Crippen LogP) is -0.895. The molecular formula is C10H21N3O3S. The molecule has 0 aromatic heterocycles. The van der Waals surface area contributed by atoms with Crippen molar-refractivity contribution in [3.63, 3.8) is 0 Å². The molecule has 2 fully saturated rings. The van der Waals surface area contributed by atoms with Gasteiger partial charge in [-0.15, -0.1) is 0 Å². The second-order valence-corrected chi connectivity index (χ2v) is 6.55. The van der Waals surface area contributed by atoms with Crippen LogP contribution in [0.1, 0.15) is 6.42 Å². The van der Waals surface area contributed by atoms with Gasteiger partial charge >= 0.3 is 0 Å². The lowest BCUT2D eigenvalue weighted by Gasteiger charge is -2.30. The van der Waals surface area contributed by atoms with E-state index in [1.54, 1.807) is 15.7 Å². The molecule has 2 heterocycles. The Balaban J connectivity index is 1.96. The summed E-state index contributed by atoms with van der Waals surface area (Å²) in [5.74, 6) is 0.345. The fraction of sp³-hybridized carbons (Fsp3) is 1.00. The lowest BCUT2D eigenvalue weighted by molar-refractivity contribution is 0.157. The normalized spacial score (nSPS) is 28.6. The minimum absolute atomic E-state index is 0.345. The van der Waals surface area contributed by atoms with Crippen molar-refractivity contribution in [2.75, 3.05) is 53.0 Å². The Morgan fingerprint density at radius 2 is 1.94 bits per heavy atom. The monoisotopic (exact) mass is 263 g/mol. The van der Waals surface area contributed by atoms with Gasteiger partial charge in [-0.05, 0) is 12.3 Å². The first-order valence-corrected chi connectivity index (χ1v) is 7.49. The Hall–Kier alpha value is -0.210. The molecule has 0 aromatic carbocycles. The van der Waals surface area contributed by atoms with Crippen LogP contribution in [0.15, 0.2) is 0 Å². The van der Waals surface area contributed by atoms with Crippen LogP contribution in [-0.4, -0.2) is 70.0 Å². The molecule has 0 aromatic rings. The van der Waals surface area contributed by atoms with Crippen molar-refractivity contribution in [3.8, 4) is 0 Å². The highest BCUT2D eigenvalue weighted by Crippen LogP contribution is 2.21. The van der Waals surface area contributed by atoms with Gasteiger partial charge in [0.05, 0.1) is 6.61 Å². The van der Waals surface area contributed by atoms with Gasteiger partial charge in [0.15, 0.2) is 0 Å². The molecule has 2 rings (SSSR count). The first-order chi connectivity index (χ1) is 8.14. The Bertz CT molecular complexity index is 341. The van der Waals surface area contributed by atoms with Crippen LogP contribution < -0.4 is 5.32 Å². The second-order valence-electron chi connectivity index (χ2n) is 4.62. The van der Waals surface area contributed by atoms with E-state index in [2.05, 4.69) is 5.32 Å². The van der Waals surface area contributed by atoms with Crippen molar-refractivity contribution in [1.29, 1.82) is 0 Å². The number of nitrogens with one attached hydrogen (secondary N) is 1. The Labute approximate surface area is 103 Å². The number of rotatable bonds is 4. The molecule has 6 nitrogen and oxygen atoms in total. The molecule has 100 valence electrons. The van der Waals surface area contributed by atoms with Crippen LogP contribution in [0.5, 0.6) is 0 Å². The summed E-state index contributed by atoms with van der Waals surface area (Å²) < 4.78 is 32.9. The van der Waals surface area contributed by atoms with Crippen molar-refractivity contribution >= 4 is 10.2 Å². The Morgan fingerprint density at radius 1 is 1.24 bits per heavy atom. The summed E-state index contributed by atoms with van der Waals surface area (Å²) in [7, 11) is -1.58. The molecule has 0 saturated carbocycles.